The summed E-state index contributed by atoms with van der Waals surface area (Å²) < 4.78 is 9.89. The molecule has 12 heavy (non-hydrogen) atoms. The molecule has 0 saturated heterocycles. The van der Waals surface area contributed by atoms with Gasteiger partial charge in [-0.05, 0) is 20.8 Å². The number of ether oxygens (including phenoxy) is 2. The van der Waals surface area contributed by atoms with Crippen molar-refractivity contribution >= 4 is 5.97 Å². The maximum absolute atomic E-state index is 11.0. The topological polar surface area (TPSA) is 35.5 Å². The second-order valence-corrected chi connectivity index (χ2v) is 2.66. The van der Waals surface area contributed by atoms with Gasteiger partial charge in [-0.2, -0.15) is 0 Å². The van der Waals surface area contributed by atoms with E-state index in [1.54, 1.807) is 13.8 Å². The minimum atomic E-state index is -0.498. The summed E-state index contributed by atoms with van der Waals surface area (Å²) >= 11 is 0. The van der Waals surface area contributed by atoms with Crippen LogP contribution in [0.2, 0.25) is 0 Å². The van der Waals surface area contributed by atoms with Crippen molar-refractivity contribution in [3.63, 3.8) is 0 Å². The Morgan fingerprint density at radius 2 is 2.17 bits per heavy atom. The first-order valence-corrected chi connectivity index (χ1v) is 4.00. The van der Waals surface area contributed by atoms with Crippen molar-refractivity contribution in [3.05, 3.63) is 12.2 Å². The molecule has 0 fully saturated rings. The Morgan fingerprint density at radius 1 is 1.58 bits per heavy atom. The maximum atomic E-state index is 11.0. The molecule has 0 aromatic carbocycles. The molecule has 0 spiro atoms. The minimum Gasteiger partial charge on any atom is -0.464 e. The Balaban J connectivity index is 3.63. The molecule has 1 atom stereocenters. The number of esters is 1. The second kappa shape index (κ2) is 5.77. The summed E-state index contributed by atoms with van der Waals surface area (Å²) in [6, 6.07) is 0. The summed E-state index contributed by atoms with van der Waals surface area (Å²) in [5.41, 5.74) is 0.895. The highest BCUT2D eigenvalue weighted by Crippen LogP contribution is 1.97. The monoisotopic (exact) mass is 172 g/mol. The van der Waals surface area contributed by atoms with Crippen LogP contribution in [0, 0.1) is 0 Å². The van der Waals surface area contributed by atoms with Crippen molar-refractivity contribution in [1.82, 2.24) is 0 Å². The van der Waals surface area contributed by atoms with Crippen LogP contribution in [0.15, 0.2) is 12.2 Å². The van der Waals surface area contributed by atoms with Gasteiger partial charge in [0.1, 0.15) is 0 Å². The van der Waals surface area contributed by atoms with Gasteiger partial charge in [0.15, 0.2) is 6.10 Å². The highest BCUT2D eigenvalue weighted by atomic mass is 16.6. The third-order valence-corrected chi connectivity index (χ3v) is 1.20. The molecular formula is C9H16O3. The van der Waals surface area contributed by atoms with Crippen molar-refractivity contribution in [2.45, 2.75) is 26.9 Å². The van der Waals surface area contributed by atoms with E-state index < -0.39 is 6.10 Å². The molecule has 0 aliphatic heterocycles. The number of hydrogen-bond donors (Lipinski definition) is 0. The molecule has 0 radical (unpaired) electrons. The Hall–Kier alpha value is -0.830. The number of rotatable bonds is 5. The van der Waals surface area contributed by atoms with Gasteiger partial charge in [-0.3, -0.25) is 0 Å². The van der Waals surface area contributed by atoms with Gasteiger partial charge in [0.05, 0.1) is 13.2 Å². The zero-order valence-corrected chi connectivity index (χ0v) is 7.92. The molecule has 0 bridgehead atoms. The third kappa shape index (κ3) is 4.91. The Kier molecular flexibility index (Phi) is 5.37. The van der Waals surface area contributed by atoms with Gasteiger partial charge in [0.2, 0.25) is 0 Å². The lowest BCUT2D eigenvalue weighted by molar-refractivity contribution is -0.154. The van der Waals surface area contributed by atoms with Crippen molar-refractivity contribution in [2.24, 2.45) is 0 Å². The fraction of sp³-hybridized carbons (Fsp3) is 0.667. The third-order valence-electron chi connectivity index (χ3n) is 1.20. The van der Waals surface area contributed by atoms with Crippen molar-refractivity contribution < 1.29 is 14.3 Å². The molecule has 1 unspecified atom stereocenters. The average Bonchev–Trinajstić information content (AvgIpc) is 2.00. The smallest absolute Gasteiger partial charge is 0.334 e. The largest absolute Gasteiger partial charge is 0.464 e. The van der Waals surface area contributed by atoms with Crippen molar-refractivity contribution in [1.29, 1.82) is 0 Å². The van der Waals surface area contributed by atoms with E-state index in [4.69, 9.17) is 9.47 Å². The van der Waals surface area contributed by atoms with Gasteiger partial charge in [-0.1, -0.05) is 12.2 Å². The highest BCUT2D eigenvalue weighted by Gasteiger charge is 2.13. The quantitative estimate of drug-likeness (QED) is 0.466. The molecule has 0 amide bonds. The van der Waals surface area contributed by atoms with Crippen LogP contribution in [0.25, 0.3) is 0 Å². The van der Waals surface area contributed by atoms with Gasteiger partial charge in [0, 0.05) is 0 Å². The Labute approximate surface area is 73.4 Å². The van der Waals surface area contributed by atoms with Gasteiger partial charge >= 0.3 is 5.97 Å². The fourth-order valence-corrected chi connectivity index (χ4v) is 0.595. The maximum Gasteiger partial charge on any atom is 0.334 e. The molecule has 0 aliphatic rings. The normalized spacial score (nSPS) is 12.2. The van der Waals surface area contributed by atoms with Crippen LogP contribution in [-0.4, -0.2) is 25.3 Å². The van der Waals surface area contributed by atoms with Crippen molar-refractivity contribution in [2.75, 3.05) is 13.2 Å². The van der Waals surface area contributed by atoms with Crippen molar-refractivity contribution in [3.8, 4) is 0 Å². The number of carbonyl (C=O) groups excluding carboxylic acids is 1. The zero-order valence-electron chi connectivity index (χ0n) is 7.92. The molecular weight excluding hydrogens is 156 g/mol. The summed E-state index contributed by atoms with van der Waals surface area (Å²) in [6.45, 7) is 9.73. The second-order valence-electron chi connectivity index (χ2n) is 2.66. The Bertz CT molecular complexity index is 163. The van der Waals surface area contributed by atoms with Crippen LogP contribution >= 0.6 is 0 Å². The molecule has 0 aromatic rings. The molecule has 3 heteroatoms. The molecule has 0 N–H and O–H groups in total. The summed E-state index contributed by atoms with van der Waals surface area (Å²) in [6.07, 6.45) is -0.498. The van der Waals surface area contributed by atoms with E-state index in [9.17, 15) is 4.79 Å². The molecule has 3 nitrogen and oxygen atoms in total. The zero-order chi connectivity index (χ0) is 9.56. The summed E-state index contributed by atoms with van der Waals surface area (Å²) in [5, 5.41) is 0. The van der Waals surface area contributed by atoms with Crippen LogP contribution in [0.3, 0.4) is 0 Å². The standard InChI is InChI=1S/C9H16O3/c1-5-11-9(10)8(4)12-6-7(2)3/h8H,2,5-6H2,1,3-4H3. The SMILES string of the molecule is C=C(C)COC(C)C(=O)OCC. The molecule has 0 heterocycles. The van der Waals surface area contributed by atoms with E-state index in [0.717, 1.165) is 5.57 Å². The molecule has 0 rings (SSSR count). The fourth-order valence-electron chi connectivity index (χ4n) is 0.595. The lowest BCUT2D eigenvalue weighted by Crippen LogP contribution is -2.23. The van der Waals surface area contributed by atoms with E-state index >= 15 is 0 Å². The molecule has 70 valence electrons. The van der Waals surface area contributed by atoms with E-state index in [0.29, 0.717) is 13.2 Å². The summed E-state index contributed by atoms with van der Waals surface area (Å²) in [7, 11) is 0. The van der Waals surface area contributed by atoms with Gasteiger partial charge in [0.25, 0.3) is 0 Å². The lowest BCUT2D eigenvalue weighted by Gasteiger charge is -2.11. The lowest BCUT2D eigenvalue weighted by atomic mass is 10.3. The van der Waals surface area contributed by atoms with Crippen LogP contribution in [0.1, 0.15) is 20.8 Å². The minimum absolute atomic E-state index is 0.321. The Morgan fingerprint density at radius 3 is 2.58 bits per heavy atom. The first-order valence-electron chi connectivity index (χ1n) is 4.00. The molecule has 0 aromatic heterocycles. The van der Waals surface area contributed by atoms with E-state index in [1.165, 1.54) is 0 Å². The van der Waals surface area contributed by atoms with E-state index in [-0.39, 0.29) is 5.97 Å². The first-order chi connectivity index (χ1) is 5.57. The van der Waals surface area contributed by atoms with E-state index in [1.807, 2.05) is 6.92 Å². The predicted octanol–water partition coefficient (Wildman–Crippen LogP) is 1.53. The molecule has 0 saturated carbocycles. The number of carbonyl (C=O) groups is 1. The van der Waals surface area contributed by atoms with Crippen LogP contribution in [0.4, 0.5) is 0 Å². The van der Waals surface area contributed by atoms with Gasteiger partial charge in [-0.15, -0.1) is 0 Å². The number of hydrogen-bond acceptors (Lipinski definition) is 3. The highest BCUT2D eigenvalue weighted by molar-refractivity contribution is 5.74. The predicted molar refractivity (Wildman–Crippen MR) is 46.9 cm³/mol. The van der Waals surface area contributed by atoms with Gasteiger partial charge in [-0.25, -0.2) is 4.79 Å². The van der Waals surface area contributed by atoms with Crippen LogP contribution in [-0.2, 0) is 14.3 Å². The average molecular weight is 172 g/mol. The van der Waals surface area contributed by atoms with Crippen LogP contribution < -0.4 is 0 Å². The first kappa shape index (κ1) is 11.2. The van der Waals surface area contributed by atoms with Gasteiger partial charge < -0.3 is 9.47 Å². The molecule has 0 aliphatic carbocycles. The van der Waals surface area contributed by atoms with Crippen LogP contribution in [0.5, 0.6) is 0 Å². The van der Waals surface area contributed by atoms with E-state index in [2.05, 4.69) is 6.58 Å². The summed E-state index contributed by atoms with van der Waals surface area (Å²) in [4.78, 5) is 11.0. The summed E-state index contributed by atoms with van der Waals surface area (Å²) in [5.74, 6) is -0.321.